The van der Waals surface area contributed by atoms with Gasteiger partial charge in [-0.05, 0) is 42.0 Å². The fraction of sp³-hybridized carbons (Fsp3) is 0.174. The van der Waals surface area contributed by atoms with E-state index in [9.17, 15) is 14.4 Å². The zero-order chi connectivity index (χ0) is 21.1. The second kappa shape index (κ2) is 8.67. The number of hydrogen-bond donors (Lipinski definition) is 0. The van der Waals surface area contributed by atoms with Gasteiger partial charge in [0.1, 0.15) is 11.8 Å². The molecule has 4 rings (SSSR count). The molecule has 2 heterocycles. The number of nitrogens with zero attached hydrogens (tertiary/aromatic N) is 2. The molecule has 3 aromatic rings. The van der Waals surface area contributed by atoms with E-state index >= 15 is 0 Å². The topological polar surface area (TPSA) is 70.8 Å². The van der Waals surface area contributed by atoms with Crippen molar-refractivity contribution in [1.82, 2.24) is 4.90 Å². The van der Waals surface area contributed by atoms with Crippen LogP contribution in [0.4, 0.5) is 5.69 Å². The maximum Gasteiger partial charge on any atom is 0.257 e. The van der Waals surface area contributed by atoms with E-state index in [0.29, 0.717) is 11.4 Å². The average molecular weight is 467 g/mol. The Morgan fingerprint density at radius 2 is 1.77 bits per heavy atom. The Morgan fingerprint density at radius 3 is 2.43 bits per heavy atom. The lowest BCUT2D eigenvalue weighted by Gasteiger charge is -2.27. The molecule has 0 N–H and O–H groups in total. The zero-order valence-corrected chi connectivity index (χ0v) is 17.6. The quantitative estimate of drug-likeness (QED) is 0.515. The summed E-state index contributed by atoms with van der Waals surface area (Å²) < 4.78 is 6.25. The lowest BCUT2D eigenvalue weighted by molar-refractivity contribution is -0.138. The predicted octanol–water partition coefficient (Wildman–Crippen LogP) is 3.95. The van der Waals surface area contributed by atoms with Crippen molar-refractivity contribution < 1.29 is 18.8 Å². The Bertz CT molecular complexity index is 1050. The molecule has 0 bridgehead atoms. The number of anilines is 1. The monoisotopic (exact) mass is 466 g/mol. The molecule has 3 amide bonds. The normalized spacial score (nSPS) is 16.2. The molecule has 1 aromatic heterocycles. The first kappa shape index (κ1) is 20.1. The highest BCUT2D eigenvalue weighted by Crippen LogP contribution is 2.28. The molecule has 0 saturated carbocycles. The van der Waals surface area contributed by atoms with E-state index in [4.69, 9.17) is 4.42 Å². The summed E-state index contributed by atoms with van der Waals surface area (Å²) in [4.78, 5) is 41.7. The van der Waals surface area contributed by atoms with Gasteiger partial charge in [-0.3, -0.25) is 14.4 Å². The third-order valence-electron chi connectivity index (χ3n) is 5.01. The van der Waals surface area contributed by atoms with Crippen LogP contribution in [0.1, 0.15) is 17.7 Å². The van der Waals surface area contributed by atoms with E-state index in [2.05, 4.69) is 15.9 Å². The van der Waals surface area contributed by atoms with Crippen LogP contribution in [-0.4, -0.2) is 28.7 Å². The molecule has 1 aliphatic heterocycles. The lowest BCUT2D eigenvalue weighted by atomic mass is 10.1. The van der Waals surface area contributed by atoms with E-state index in [0.717, 1.165) is 14.9 Å². The molecule has 1 fully saturated rings. The molecular formula is C23H19BrN2O4. The second-order valence-corrected chi connectivity index (χ2v) is 7.94. The second-order valence-electron chi connectivity index (χ2n) is 7.03. The van der Waals surface area contributed by atoms with Crippen molar-refractivity contribution in [2.24, 2.45) is 0 Å². The van der Waals surface area contributed by atoms with E-state index in [1.54, 1.807) is 36.4 Å². The smallest absolute Gasteiger partial charge is 0.257 e. The first-order valence-electron chi connectivity index (χ1n) is 9.51. The van der Waals surface area contributed by atoms with Gasteiger partial charge in [-0.15, -0.1) is 0 Å². The number of carbonyl (C=O) groups is 3. The minimum atomic E-state index is -0.873. The number of benzene rings is 2. The van der Waals surface area contributed by atoms with Crippen LogP contribution in [0.3, 0.4) is 0 Å². The minimum absolute atomic E-state index is 0.0594. The first-order valence-corrected chi connectivity index (χ1v) is 10.3. The number of rotatable bonds is 6. The van der Waals surface area contributed by atoms with E-state index in [1.165, 1.54) is 11.2 Å². The Morgan fingerprint density at radius 1 is 1.03 bits per heavy atom. The van der Waals surface area contributed by atoms with Gasteiger partial charge in [0, 0.05) is 4.47 Å². The molecule has 1 saturated heterocycles. The molecule has 30 heavy (non-hydrogen) atoms. The summed E-state index contributed by atoms with van der Waals surface area (Å²) in [6, 6.07) is 18.9. The molecule has 152 valence electrons. The molecule has 1 atom stereocenters. The number of carbonyl (C=O) groups excluding carboxylic acids is 3. The molecule has 6 nitrogen and oxygen atoms in total. The Kier molecular flexibility index (Phi) is 5.81. The SMILES string of the molecule is O=C1CC(N(Cc2ccco2)C(=O)Cc2ccccc2)C(=O)N1c1ccc(Br)cc1. The summed E-state index contributed by atoms with van der Waals surface area (Å²) >= 11 is 3.35. The van der Waals surface area contributed by atoms with Gasteiger partial charge in [-0.25, -0.2) is 4.90 Å². The molecule has 0 radical (unpaired) electrons. The van der Waals surface area contributed by atoms with E-state index in [-0.39, 0.29) is 31.2 Å². The number of imide groups is 1. The van der Waals surface area contributed by atoms with Gasteiger partial charge < -0.3 is 9.32 Å². The molecule has 2 aromatic carbocycles. The molecular weight excluding hydrogens is 448 g/mol. The van der Waals surface area contributed by atoms with Crippen LogP contribution in [0.25, 0.3) is 0 Å². The molecule has 1 unspecified atom stereocenters. The number of furan rings is 1. The predicted molar refractivity (Wildman–Crippen MR) is 114 cm³/mol. The standard InChI is InChI=1S/C23H19BrN2O4/c24-17-8-10-18(11-9-17)26-22(28)14-20(23(26)29)25(15-19-7-4-12-30-19)21(27)13-16-5-2-1-3-6-16/h1-12,20H,13-15H2. The number of hydrogen-bond acceptors (Lipinski definition) is 4. The number of halogens is 1. The highest BCUT2D eigenvalue weighted by atomic mass is 79.9. The Labute approximate surface area is 182 Å². The summed E-state index contributed by atoms with van der Waals surface area (Å²) in [5, 5.41) is 0. The fourth-order valence-corrected chi connectivity index (χ4v) is 3.80. The first-order chi connectivity index (χ1) is 14.5. The molecule has 0 aliphatic carbocycles. The summed E-state index contributed by atoms with van der Waals surface area (Å²) in [6.45, 7) is 0.122. The summed E-state index contributed by atoms with van der Waals surface area (Å²) in [5.74, 6) is -0.417. The van der Waals surface area contributed by atoms with Gasteiger partial charge in [0.25, 0.3) is 5.91 Å². The zero-order valence-electron chi connectivity index (χ0n) is 16.0. The van der Waals surface area contributed by atoms with Gasteiger partial charge in [-0.1, -0.05) is 46.3 Å². The maximum atomic E-state index is 13.2. The molecule has 1 aliphatic rings. The fourth-order valence-electron chi connectivity index (χ4n) is 3.54. The number of amides is 3. The molecule has 0 spiro atoms. The van der Waals surface area contributed by atoms with Crippen LogP contribution >= 0.6 is 15.9 Å². The van der Waals surface area contributed by atoms with Crippen molar-refractivity contribution in [2.75, 3.05) is 4.90 Å². The minimum Gasteiger partial charge on any atom is -0.467 e. The summed E-state index contributed by atoms with van der Waals surface area (Å²) in [7, 11) is 0. The Hall–Kier alpha value is -3.19. The third-order valence-corrected chi connectivity index (χ3v) is 5.54. The van der Waals surface area contributed by atoms with Crippen LogP contribution in [0.15, 0.2) is 81.9 Å². The van der Waals surface area contributed by atoms with E-state index in [1.807, 2.05) is 30.3 Å². The van der Waals surface area contributed by atoms with Gasteiger partial charge in [0.15, 0.2) is 0 Å². The van der Waals surface area contributed by atoms with Crippen molar-refractivity contribution in [3.63, 3.8) is 0 Å². The largest absolute Gasteiger partial charge is 0.467 e. The third kappa shape index (κ3) is 4.21. The van der Waals surface area contributed by atoms with Gasteiger partial charge in [0.05, 0.1) is 31.3 Å². The highest BCUT2D eigenvalue weighted by Gasteiger charge is 2.44. The lowest BCUT2D eigenvalue weighted by Crippen LogP contribution is -2.45. The van der Waals surface area contributed by atoms with Crippen molar-refractivity contribution >= 4 is 39.3 Å². The Balaban J connectivity index is 1.61. The van der Waals surface area contributed by atoms with Gasteiger partial charge in [-0.2, -0.15) is 0 Å². The van der Waals surface area contributed by atoms with Crippen LogP contribution in [0.2, 0.25) is 0 Å². The highest BCUT2D eigenvalue weighted by molar-refractivity contribution is 9.10. The molecule has 7 heteroatoms. The van der Waals surface area contributed by atoms with Crippen molar-refractivity contribution in [3.05, 3.63) is 88.8 Å². The summed E-state index contributed by atoms with van der Waals surface area (Å²) in [6.07, 6.45) is 1.60. The van der Waals surface area contributed by atoms with Gasteiger partial charge in [0.2, 0.25) is 11.8 Å². The van der Waals surface area contributed by atoms with Crippen LogP contribution in [0, 0.1) is 0 Å². The van der Waals surface area contributed by atoms with Crippen LogP contribution < -0.4 is 4.90 Å². The maximum absolute atomic E-state index is 13.2. The average Bonchev–Trinajstić information content (AvgIpc) is 3.35. The van der Waals surface area contributed by atoms with Crippen molar-refractivity contribution in [2.45, 2.75) is 25.4 Å². The van der Waals surface area contributed by atoms with Crippen molar-refractivity contribution in [3.8, 4) is 0 Å². The van der Waals surface area contributed by atoms with Crippen LogP contribution in [0.5, 0.6) is 0 Å². The summed E-state index contributed by atoms with van der Waals surface area (Å²) in [5.41, 5.74) is 1.33. The van der Waals surface area contributed by atoms with Crippen molar-refractivity contribution in [1.29, 1.82) is 0 Å². The van der Waals surface area contributed by atoms with E-state index < -0.39 is 11.9 Å². The van der Waals surface area contributed by atoms with Gasteiger partial charge >= 0.3 is 0 Å². The van der Waals surface area contributed by atoms with Crippen LogP contribution in [-0.2, 0) is 27.3 Å².